The Labute approximate surface area is 137 Å². The molecule has 2 heteroatoms. The molecule has 0 aromatic heterocycles. The predicted octanol–water partition coefficient (Wildman–Crippen LogP) is 5.40. The summed E-state index contributed by atoms with van der Waals surface area (Å²) in [7, 11) is 0. The number of carbonyl (C=O) groups excluding carboxylic acids is 1. The fourth-order valence-corrected chi connectivity index (χ4v) is 2.27. The Morgan fingerprint density at radius 3 is 2.04 bits per heavy atom. The van der Waals surface area contributed by atoms with Crippen molar-refractivity contribution in [1.82, 2.24) is 0 Å². The normalized spacial score (nSPS) is 13.4. The summed E-state index contributed by atoms with van der Waals surface area (Å²) < 4.78 is 0. The van der Waals surface area contributed by atoms with Crippen molar-refractivity contribution in [2.45, 2.75) is 25.7 Å². The number of hydrogen-bond acceptors (Lipinski definition) is 2. The van der Waals surface area contributed by atoms with E-state index >= 15 is 0 Å². The number of carbonyl (C=O) groups is 1. The standard InChI is InChI=1S/C15H12O2.C6H10/c16-14-9-5-4-8-13(14)15(17)11-10-12-6-2-1-3-7-12;1-2-4-6-5-3-1/h1-11,16H;1-2H,3-6H2. The minimum Gasteiger partial charge on any atom is -0.507 e. The highest BCUT2D eigenvalue weighted by Gasteiger charge is 2.05. The van der Waals surface area contributed by atoms with Crippen molar-refractivity contribution in [3.63, 3.8) is 0 Å². The molecule has 3 rings (SSSR count). The van der Waals surface area contributed by atoms with E-state index in [9.17, 15) is 9.90 Å². The Morgan fingerprint density at radius 2 is 1.48 bits per heavy atom. The largest absolute Gasteiger partial charge is 0.507 e. The molecular weight excluding hydrogens is 284 g/mol. The van der Waals surface area contributed by atoms with Gasteiger partial charge >= 0.3 is 0 Å². The molecule has 0 bridgehead atoms. The zero-order valence-electron chi connectivity index (χ0n) is 13.2. The Bertz CT molecular complexity index is 661. The highest BCUT2D eigenvalue weighted by Crippen LogP contribution is 2.17. The van der Waals surface area contributed by atoms with E-state index in [1.807, 2.05) is 30.3 Å². The van der Waals surface area contributed by atoms with Gasteiger partial charge < -0.3 is 5.11 Å². The zero-order valence-corrected chi connectivity index (χ0v) is 13.2. The average Bonchev–Trinajstić information content (AvgIpc) is 2.63. The number of aromatic hydroxyl groups is 1. The molecule has 1 aliphatic rings. The third-order valence-electron chi connectivity index (χ3n) is 3.55. The molecule has 2 aromatic rings. The molecule has 0 atom stereocenters. The van der Waals surface area contributed by atoms with Crippen molar-refractivity contribution in [3.05, 3.63) is 84.0 Å². The zero-order chi connectivity index (χ0) is 16.3. The van der Waals surface area contributed by atoms with Gasteiger partial charge in [-0.05, 0) is 49.5 Å². The highest BCUT2D eigenvalue weighted by molar-refractivity contribution is 6.08. The van der Waals surface area contributed by atoms with Gasteiger partial charge in [-0.3, -0.25) is 4.79 Å². The Balaban J connectivity index is 0.000000268. The molecule has 0 saturated carbocycles. The smallest absolute Gasteiger partial charge is 0.189 e. The summed E-state index contributed by atoms with van der Waals surface area (Å²) >= 11 is 0. The molecule has 23 heavy (non-hydrogen) atoms. The maximum atomic E-state index is 11.8. The van der Waals surface area contributed by atoms with E-state index in [0.717, 1.165) is 5.56 Å². The molecule has 0 aliphatic heterocycles. The summed E-state index contributed by atoms with van der Waals surface area (Å²) in [6.07, 6.45) is 13.2. The summed E-state index contributed by atoms with van der Waals surface area (Å²) in [4.78, 5) is 11.8. The van der Waals surface area contributed by atoms with Crippen LogP contribution < -0.4 is 0 Å². The van der Waals surface area contributed by atoms with Crippen LogP contribution in [0.1, 0.15) is 41.6 Å². The molecule has 0 heterocycles. The summed E-state index contributed by atoms with van der Waals surface area (Å²) in [6, 6.07) is 16.1. The summed E-state index contributed by atoms with van der Waals surface area (Å²) in [6.45, 7) is 0. The van der Waals surface area contributed by atoms with E-state index < -0.39 is 0 Å². The summed E-state index contributed by atoms with van der Waals surface area (Å²) in [5, 5.41) is 9.52. The minimum atomic E-state index is -0.202. The predicted molar refractivity (Wildman–Crippen MR) is 95.5 cm³/mol. The quantitative estimate of drug-likeness (QED) is 0.468. The third-order valence-corrected chi connectivity index (χ3v) is 3.55. The number of benzene rings is 2. The van der Waals surface area contributed by atoms with E-state index in [2.05, 4.69) is 12.2 Å². The molecule has 118 valence electrons. The van der Waals surface area contributed by atoms with Gasteiger partial charge in [0, 0.05) is 0 Å². The molecule has 0 spiro atoms. The van der Waals surface area contributed by atoms with Crippen molar-refractivity contribution >= 4 is 11.9 Å². The second kappa shape index (κ2) is 9.42. The molecule has 0 unspecified atom stereocenters. The number of para-hydroxylation sites is 1. The van der Waals surface area contributed by atoms with E-state index in [4.69, 9.17) is 0 Å². The van der Waals surface area contributed by atoms with Crippen molar-refractivity contribution in [2.75, 3.05) is 0 Å². The van der Waals surface area contributed by atoms with Crippen LogP contribution in [0.5, 0.6) is 5.75 Å². The van der Waals surface area contributed by atoms with Crippen LogP contribution in [0.25, 0.3) is 6.08 Å². The van der Waals surface area contributed by atoms with Crippen LogP contribution in [0.4, 0.5) is 0 Å². The van der Waals surface area contributed by atoms with E-state index in [0.29, 0.717) is 5.56 Å². The van der Waals surface area contributed by atoms with Gasteiger partial charge in [-0.15, -0.1) is 0 Å². The van der Waals surface area contributed by atoms with Crippen LogP contribution in [-0.2, 0) is 0 Å². The lowest BCUT2D eigenvalue weighted by molar-refractivity contribution is 0.104. The second-order valence-electron chi connectivity index (χ2n) is 5.38. The highest BCUT2D eigenvalue weighted by atomic mass is 16.3. The number of allylic oxidation sites excluding steroid dienone is 3. The fourth-order valence-electron chi connectivity index (χ4n) is 2.27. The van der Waals surface area contributed by atoms with Gasteiger partial charge in [0.2, 0.25) is 0 Å². The molecule has 0 amide bonds. The van der Waals surface area contributed by atoms with Crippen LogP contribution in [0.15, 0.2) is 72.8 Å². The molecule has 1 N–H and O–H groups in total. The van der Waals surface area contributed by atoms with Crippen molar-refractivity contribution in [1.29, 1.82) is 0 Å². The van der Waals surface area contributed by atoms with Crippen LogP contribution in [0.2, 0.25) is 0 Å². The van der Waals surface area contributed by atoms with Gasteiger partial charge in [0.25, 0.3) is 0 Å². The maximum absolute atomic E-state index is 11.8. The van der Waals surface area contributed by atoms with E-state index in [1.54, 1.807) is 24.3 Å². The number of ketones is 1. The van der Waals surface area contributed by atoms with Crippen LogP contribution in [0, 0.1) is 0 Å². The Hall–Kier alpha value is -2.61. The lowest BCUT2D eigenvalue weighted by Gasteiger charge is -1.98. The number of hydrogen-bond donors (Lipinski definition) is 1. The van der Waals surface area contributed by atoms with Crippen LogP contribution in [-0.4, -0.2) is 10.9 Å². The minimum absolute atomic E-state index is 0.00946. The van der Waals surface area contributed by atoms with Crippen LogP contribution >= 0.6 is 0 Å². The SMILES string of the molecule is C1=CCCCC1.O=C(C=Cc1ccccc1)c1ccccc1O. The lowest BCUT2D eigenvalue weighted by Crippen LogP contribution is -1.93. The summed E-state index contributed by atoms with van der Waals surface area (Å²) in [5.41, 5.74) is 1.27. The number of phenols is 1. The van der Waals surface area contributed by atoms with Crippen LogP contribution in [0.3, 0.4) is 0 Å². The van der Waals surface area contributed by atoms with E-state index in [-0.39, 0.29) is 11.5 Å². The fraction of sp³-hybridized carbons (Fsp3) is 0.190. The first-order valence-electron chi connectivity index (χ1n) is 7.98. The first-order valence-corrected chi connectivity index (χ1v) is 7.98. The molecule has 0 saturated heterocycles. The molecule has 2 nitrogen and oxygen atoms in total. The van der Waals surface area contributed by atoms with Crippen molar-refractivity contribution < 1.29 is 9.90 Å². The van der Waals surface area contributed by atoms with Gasteiger partial charge in [0.1, 0.15) is 5.75 Å². The maximum Gasteiger partial charge on any atom is 0.189 e. The van der Waals surface area contributed by atoms with Crippen molar-refractivity contribution in [3.8, 4) is 5.75 Å². The topological polar surface area (TPSA) is 37.3 Å². The average molecular weight is 306 g/mol. The van der Waals surface area contributed by atoms with Gasteiger partial charge in [-0.2, -0.15) is 0 Å². The van der Waals surface area contributed by atoms with Gasteiger partial charge in [0.05, 0.1) is 5.56 Å². The molecule has 1 aliphatic carbocycles. The summed E-state index contributed by atoms with van der Waals surface area (Å²) in [5.74, 6) is -0.192. The molecular formula is C21H22O2. The molecule has 2 aromatic carbocycles. The monoisotopic (exact) mass is 306 g/mol. The lowest BCUT2D eigenvalue weighted by atomic mass is 10.1. The number of rotatable bonds is 3. The first kappa shape index (κ1) is 16.8. The van der Waals surface area contributed by atoms with Gasteiger partial charge in [0.15, 0.2) is 5.78 Å². The van der Waals surface area contributed by atoms with E-state index in [1.165, 1.54) is 37.8 Å². The Kier molecular flexibility index (Phi) is 6.86. The molecule has 0 fully saturated rings. The van der Waals surface area contributed by atoms with Gasteiger partial charge in [-0.25, -0.2) is 0 Å². The Morgan fingerprint density at radius 1 is 0.870 bits per heavy atom. The number of phenolic OH excluding ortho intramolecular Hbond substituents is 1. The van der Waals surface area contributed by atoms with Crippen molar-refractivity contribution in [2.24, 2.45) is 0 Å². The van der Waals surface area contributed by atoms with Gasteiger partial charge in [-0.1, -0.05) is 60.7 Å². The first-order chi connectivity index (χ1) is 11.3. The second-order valence-corrected chi connectivity index (χ2v) is 5.38. The molecule has 0 radical (unpaired) electrons. The third kappa shape index (κ3) is 5.95.